The summed E-state index contributed by atoms with van der Waals surface area (Å²) in [6, 6.07) is 19.3. The Morgan fingerprint density at radius 2 is 1.62 bits per heavy atom. The Bertz CT molecular complexity index is 640. The normalized spacial score (nSPS) is 11.0. The van der Waals surface area contributed by atoms with Gasteiger partial charge in [0.05, 0.1) is 12.2 Å². The van der Waals surface area contributed by atoms with Crippen LogP contribution in [0.1, 0.15) is 18.1 Å². The minimum atomic E-state index is -0.352. The van der Waals surface area contributed by atoms with Gasteiger partial charge in [0.2, 0.25) is 0 Å². The van der Waals surface area contributed by atoms with E-state index >= 15 is 0 Å². The minimum absolute atomic E-state index is 0.340. The summed E-state index contributed by atoms with van der Waals surface area (Å²) in [5.74, 6) is -0.352. The predicted molar refractivity (Wildman–Crippen MR) is 86.5 cm³/mol. The molecule has 106 valence electrons. The molecule has 2 nitrogen and oxygen atoms in total. The molecular weight excluding hydrogens is 260 g/mol. The Hall–Kier alpha value is -2.61. The number of hydrogen-bond donors (Lipinski definition) is 0. The van der Waals surface area contributed by atoms with Crippen LogP contribution < -0.4 is 0 Å². The Kier molecular flexibility index (Phi) is 5.10. The zero-order chi connectivity index (χ0) is 15.1. The first-order chi connectivity index (χ1) is 10.2. The number of ether oxygens (including phenoxy) is 1. The van der Waals surface area contributed by atoms with Gasteiger partial charge >= 0.3 is 5.97 Å². The van der Waals surface area contributed by atoms with E-state index in [9.17, 15) is 4.79 Å². The molecule has 0 radical (unpaired) electrons. The minimum Gasteiger partial charge on any atom is -0.462 e. The van der Waals surface area contributed by atoms with Crippen LogP contribution in [0.4, 0.5) is 0 Å². The summed E-state index contributed by atoms with van der Waals surface area (Å²) >= 11 is 0. The van der Waals surface area contributed by atoms with E-state index in [4.69, 9.17) is 4.74 Å². The summed E-state index contributed by atoms with van der Waals surface area (Å²) in [6.07, 6.45) is 1.81. The fourth-order valence-corrected chi connectivity index (χ4v) is 1.99. The van der Waals surface area contributed by atoms with Crippen LogP contribution in [-0.2, 0) is 9.53 Å². The third kappa shape index (κ3) is 3.93. The molecule has 2 rings (SSSR count). The third-order valence-corrected chi connectivity index (χ3v) is 3.05. The van der Waals surface area contributed by atoms with Gasteiger partial charge in [0.25, 0.3) is 0 Å². The van der Waals surface area contributed by atoms with Crippen molar-refractivity contribution in [2.45, 2.75) is 6.92 Å². The molecule has 0 aliphatic rings. The van der Waals surface area contributed by atoms with Gasteiger partial charge in [-0.15, -0.1) is 0 Å². The molecule has 0 saturated carbocycles. The van der Waals surface area contributed by atoms with Crippen LogP contribution in [0.5, 0.6) is 0 Å². The molecular formula is C19H18O2. The molecule has 0 bridgehead atoms. The summed E-state index contributed by atoms with van der Waals surface area (Å²) in [5.41, 5.74) is 3.00. The Morgan fingerprint density at radius 1 is 1.05 bits per heavy atom. The van der Waals surface area contributed by atoms with Gasteiger partial charge in [-0.3, -0.25) is 0 Å². The van der Waals surface area contributed by atoms with E-state index in [0.717, 1.165) is 11.1 Å². The molecule has 2 aromatic carbocycles. The second kappa shape index (κ2) is 7.25. The monoisotopic (exact) mass is 278 g/mol. The molecule has 0 aromatic heterocycles. The Labute approximate surface area is 125 Å². The molecule has 2 heteroatoms. The van der Waals surface area contributed by atoms with Crippen molar-refractivity contribution in [2.24, 2.45) is 0 Å². The lowest BCUT2D eigenvalue weighted by molar-refractivity contribution is -0.137. The molecule has 21 heavy (non-hydrogen) atoms. The third-order valence-electron chi connectivity index (χ3n) is 3.05. The largest absolute Gasteiger partial charge is 0.462 e. The van der Waals surface area contributed by atoms with Crippen molar-refractivity contribution in [3.05, 3.63) is 83.9 Å². The van der Waals surface area contributed by atoms with Crippen molar-refractivity contribution in [3.8, 4) is 0 Å². The number of esters is 1. The molecule has 0 aliphatic heterocycles. The van der Waals surface area contributed by atoms with Gasteiger partial charge in [-0.2, -0.15) is 0 Å². The van der Waals surface area contributed by atoms with Crippen LogP contribution in [0, 0.1) is 0 Å². The van der Waals surface area contributed by atoms with E-state index in [1.54, 1.807) is 6.92 Å². The highest BCUT2D eigenvalue weighted by molar-refractivity contribution is 6.09. The standard InChI is InChI=1S/C19H18O2/c1-3-21-19(20)18(14-16-10-6-4-7-11-16)15(2)17-12-8-5-9-13-17/h4-14H,2-3H2,1H3/b18-14+. The molecule has 0 unspecified atom stereocenters. The van der Waals surface area contributed by atoms with Crippen LogP contribution >= 0.6 is 0 Å². The first-order valence-electron chi connectivity index (χ1n) is 6.91. The molecule has 0 amide bonds. The molecule has 0 atom stereocenters. The first kappa shape index (κ1) is 14.8. The van der Waals surface area contributed by atoms with Crippen molar-refractivity contribution < 1.29 is 9.53 Å². The predicted octanol–water partition coefficient (Wildman–Crippen LogP) is 4.35. The van der Waals surface area contributed by atoms with Crippen LogP contribution in [0.15, 0.2) is 72.8 Å². The first-order valence-corrected chi connectivity index (χ1v) is 6.91. The van der Waals surface area contributed by atoms with Gasteiger partial charge in [-0.1, -0.05) is 67.2 Å². The topological polar surface area (TPSA) is 26.3 Å². The summed E-state index contributed by atoms with van der Waals surface area (Å²) in [7, 11) is 0. The number of rotatable bonds is 5. The summed E-state index contributed by atoms with van der Waals surface area (Å²) < 4.78 is 5.15. The lowest BCUT2D eigenvalue weighted by Gasteiger charge is -2.10. The number of carbonyl (C=O) groups is 1. The average molecular weight is 278 g/mol. The fraction of sp³-hybridized carbons (Fsp3) is 0.105. The van der Waals surface area contributed by atoms with Crippen LogP contribution in [0.2, 0.25) is 0 Å². The maximum absolute atomic E-state index is 12.2. The highest BCUT2D eigenvalue weighted by Crippen LogP contribution is 2.24. The highest BCUT2D eigenvalue weighted by Gasteiger charge is 2.15. The molecule has 0 N–H and O–H groups in total. The van der Waals surface area contributed by atoms with E-state index in [-0.39, 0.29) is 5.97 Å². The summed E-state index contributed by atoms with van der Waals surface area (Å²) in [5, 5.41) is 0. The van der Waals surface area contributed by atoms with Gasteiger partial charge in [-0.05, 0) is 29.7 Å². The van der Waals surface area contributed by atoms with Crippen LogP contribution in [0.25, 0.3) is 11.6 Å². The van der Waals surface area contributed by atoms with E-state index in [0.29, 0.717) is 17.8 Å². The molecule has 0 heterocycles. The lowest BCUT2D eigenvalue weighted by Crippen LogP contribution is -2.09. The second-order valence-electron chi connectivity index (χ2n) is 4.53. The van der Waals surface area contributed by atoms with Gasteiger partial charge < -0.3 is 4.74 Å². The van der Waals surface area contributed by atoms with Crippen molar-refractivity contribution in [1.82, 2.24) is 0 Å². The van der Waals surface area contributed by atoms with E-state index < -0.39 is 0 Å². The van der Waals surface area contributed by atoms with Crippen molar-refractivity contribution in [1.29, 1.82) is 0 Å². The molecule has 0 spiro atoms. The zero-order valence-electron chi connectivity index (χ0n) is 12.1. The second-order valence-corrected chi connectivity index (χ2v) is 4.53. The average Bonchev–Trinajstić information content (AvgIpc) is 2.54. The number of benzene rings is 2. The van der Waals surface area contributed by atoms with Crippen LogP contribution in [-0.4, -0.2) is 12.6 Å². The van der Waals surface area contributed by atoms with Crippen molar-refractivity contribution in [2.75, 3.05) is 6.61 Å². The molecule has 0 fully saturated rings. The highest BCUT2D eigenvalue weighted by atomic mass is 16.5. The van der Waals surface area contributed by atoms with Gasteiger partial charge in [-0.25, -0.2) is 4.79 Å². The maximum atomic E-state index is 12.2. The molecule has 0 aliphatic carbocycles. The molecule has 2 aromatic rings. The zero-order valence-corrected chi connectivity index (χ0v) is 12.1. The van der Waals surface area contributed by atoms with Gasteiger partial charge in [0.1, 0.15) is 0 Å². The molecule has 0 saturated heterocycles. The fourth-order valence-electron chi connectivity index (χ4n) is 1.99. The van der Waals surface area contributed by atoms with Crippen molar-refractivity contribution in [3.63, 3.8) is 0 Å². The Morgan fingerprint density at radius 3 is 2.19 bits per heavy atom. The van der Waals surface area contributed by atoms with Gasteiger partial charge in [0, 0.05) is 0 Å². The summed E-state index contributed by atoms with van der Waals surface area (Å²) in [4.78, 5) is 12.2. The maximum Gasteiger partial charge on any atom is 0.338 e. The SMILES string of the molecule is C=C(/C(=C\c1ccccc1)C(=O)OCC)c1ccccc1. The van der Waals surface area contributed by atoms with E-state index in [2.05, 4.69) is 6.58 Å². The van der Waals surface area contributed by atoms with Gasteiger partial charge in [0.15, 0.2) is 0 Å². The van der Waals surface area contributed by atoms with Crippen LogP contribution in [0.3, 0.4) is 0 Å². The number of hydrogen-bond acceptors (Lipinski definition) is 2. The summed E-state index contributed by atoms with van der Waals surface area (Å²) in [6.45, 7) is 6.19. The number of carbonyl (C=O) groups excluding carboxylic acids is 1. The quantitative estimate of drug-likeness (QED) is 0.462. The van der Waals surface area contributed by atoms with Crippen molar-refractivity contribution >= 4 is 17.6 Å². The Balaban J connectivity index is 2.40. The lowest BCUT2D eigenvalue weighted by atomic mass is 9.97. The van der Waals surface area contributed by atoms with E-state index in [1.807, 2.05) is 66.7 Å². The smallest absolute Gasteiger partial charge is 0.338 e. The van der Waals surface area contributed by atoms with E-state index in [1.165, 1.54) is 0 Å².